The van der Waals surface area contributed by atoms with E-state index in [0.29, 0.717) is 0 Å². The quantitative estimate of drug-likeness (QED) is 0.192. The van der Waals surface area contributed by atoms with Gasteiger partial charge in [-0.15, -0.1) is 0 Å². The van der Waals surface area contributed by atoms with Crippen molar-refractivity contribution in [2.75, 3.05) is 0 Å². The molecular formula is C39H40Br2. The Hall–Kier alpha value is -2.16. The molecule has 0 radical (unpaired) electrons. The van der Waals surface area contributed by atoms with E-state index in [4.69, 9.17) is 0 Å². The zero-order chi connectivity index (χ0) is 28.9. The fourth-order valence-electron chi connectivity index (χ4n) is 9.73. The summed E-state index contributed by atoms with van der Waals surface area (Å²) in [5.41, 5.74) is 18.5. The fourth-order valence-corrected chi connectivity index (χ4v) is 10.5. The van der Waals surface area contributed by atoms with E-state index < -0.39 is 0 Å². The molecule has 0 N–H and O–H groups in total. The lowest BCUT2D eigenvalue weighted by molar-refractivity contribution is 0.473. The molecule has 0 saturated heterocycles. The van der Waals surface area contributed by atoms with Crippen molar-refractivity contribution in [2.24, 2.45) is 0 Å². The van der Waals surface area contributed by atoms with E-state index in [1.165, 1.54) is 42.3 Å². The molecule has 0 heterocycles. The topological polar surface area (TPSA) is 0 Å². The highest BCUT2D eigenvalue weighted by atomic mass is 79.9. The van der Waals surface area contributed by atoms with Crippen molar-refractivity contribution >= 4 is 31.9 Å². The number of benzene rings is 4. The molecule has 41 heavy (non-hydrogen) atoms. The summed E-state index contributed by atoms with van der Waals surface area (Å²) in [6.45, 7) is 14.6. The first-order valence-electron chi connectivity index (χ1n) is 15.8. The standard InChI is InChI=1S/C39H40Br2/c1-7-37(8-2)28-16-14-13-15-25(28)31-34(37)32-26-19-17-23(40)21-29(26)39(11-5,12-6)36(32)33-27-20-18-24(41)22-30(27)38(9-3,10-4)35(31)33/h13-22H,7-12H2,1-6H3. The van der Waals surface area contributed by atoms with E-state index in [-0.39, 0.29) is 16.2 Å². The second-order valence-corrected chi connectivity index (χ2v) is 14.4. The van der Waals surface area contributed by atoms with E-state index in [1.54, 1.807) is 33.4 Å². The molecule has 0 amide bonds. The summed E-state index contributed by atoms with van der Waals surface area (Å²) in [6.07, 6.45) is 6.62. The van der Waals surface area contributed by atoms with Crippen LogP contribution in [-0.2, 0) is 16.2 Å². The molecule has 3 aliphatic rings. The van der Waals surface area contributed by atoms with Crippen molar-refractivity contribution in [1.29, 1.82) is 0 Å². The average Bonchev–Trinajstić information content (AvgIpc) is 3.56. The molecule has 4 aromatic rings. The van der Waals surface area contributed by atoms with E-state index in [0.717, 1.165) is 38.5 Å². The van der Waals surface area contributed by atoms with Crippen LogP contribution in [0.2, 0.25) is 0 Å². The Morgan fingerprint density at radius 2 is 0.780 bits per heavy atom. The van der Waals surface area contributed by atoms with Crippen LogP contribution in [0.1, 0.15) is 113 Å². The minimum absolute atomic E-state index is 0.00945. The molecule has 0 nitrogen and oxygen atoms in total. The molecule has 7 rings (SSSR count). The zero-order valence-corrected chi connectivity index (χ0v) is 28.4. The van der Waals surface area contributed by atoms with Gasteiger partial charge in [0.25, 0.3) is 0 Å². The van der Waals surface area contributed by atoms with Crippen molar-refractivity contribution < 1.29 is 0 Å². The summed E-state index contributed by atoms with van der Waals surface area (Å²) in [5.74, 6) is 0. The van der Waals surface area contributed by atoms with Gasteiger partial charge in [0.1, 0.15) is 0 Å². The van der Waals surface area contributed by atoms with Crippen molar-refractivity contribution in [3.05, 3.63) is 103 Å². The van der Waals surface area contributed by atoms with Crippen LogP contribution in [0.4, 0.5) is 0 Å². The lowest BCUT2D eigenvalue weighted by Gasteiger charge is -2.37. The number of rotatable bonds is 6. The molecule has 2 heteroatoms. The highest BCUT2D eigenvalue weighted by Gasteiger charge is 2.56. The van der Waals surface area contributed by atoms with Gasteiger partial charge >= 0.3 is 0 Å². The maximum absolute atomic E-state index is 3.89. The van der Waals surface area contributed by atoms with E-state index in [1.807, 2.05) is 0 Å². The molecule has 0 unspecified atom stereocenters. The lowest BCUT2D eigenvalue weighted by Crippen LogP contribution is -2.29. The third kappa shape index (κ3) is 3.12. The Kier molecular flexibility index (Phi) is 6.35. The molecule has 0 bridgehead atoms. The molecule has 0 aliphatic heterocycles. The summed E-state index contributed by atoms with van der Waals surface area (Å²) < 4.78 is 2.37. The second kappa shape index (κ2) is 9.42. The molecule has 0 saturated carbocycles. The molecule has 0 aromatic heterocycles. The van der Waals surface area contributed by atoms with Gasteiger partial charge in [0, 0.05) is 25.2 Å². The van der Waals surface area contributed by atoms with Crippen molar-refractivity contribution in [3.63, 3.8) is 0 Å². The molecular weight excluding hydrogens is 628 g/mol. The third-order valence-corrected chi connectivity index (χ3v) is 12.8. The van der Waals surface area contributed by atoms with Gasteiger partial charge in [0.15, 0.2) is 0 Å². The van der Waals surface area contributed by atoms with Crippen molar-refractivity contribution in [3.8, 4) is 33.4 Å². The summed E-state index contributed by atoms with van der Waals surface area (Å²) in [6, 6.07) is 23.8. The number of hydrogen-bond donors (Lipinski definition) is 0. The summed E-state index contributed by atoms with van der Waals surface area (Å²) in [4.78, 5) is 0. The lowest BCUT2D eigenvalue weighted by atomic mass is 9.65. The Labute approximate surface area is 263 Å². The number of hydrogen-bond acceptors (Lipinski definition) is 0. The van der Waals surface area contributed by atoms with Crippen LogP contribution < -0.4 is 0 Å². The zero-order valence-electron chi connectivity index (χ0n) is 25.3. The van der Waals surface area contributed by atoms with Crippen LogP contribution in [0.5, 0.6) is 0 Å². The van der Waals surface area contributed by atoms with Gasteiger partial charge in [0.05, 0.1) is 0 Å². The molecule has 0 spiro atoms. The highest BCUT2D eigenvalue weighted by molar-refractivity contribution is 9.10. The molecule has 0 atom stereocenters. The van der Waals surface area contributed by atoms with Gasteiger partial charge in [-0.05, 0) is 130 Å². The van der Waals surface area contributed by atoms with Crippen LogP contribution in [0, 0.1) is 0 Å². The maximum Gasteiger partial charge on any atom is 0.0216 e. The van der Waals surface area contributed by atoms with Gasteiger partial charge in [-0.3, -0.25) is 0 Å². The monoisotopic (exact) mass is 666 g/mol. The minimum atomic E-state index is -0.0164. The smallest absolute Gasteiger partial charge is 0.0216 e. The van der Waals surface area contributed by atoms with Crippen molar-refractivity contribution in [2.45, 2.75) is 96.3 Å². The second-order valence-electron chi connectivity index (χ2n) is 12.5. The predicted octanol–water partition coefficient (Wildman–Crippen LogP) is 12.5. The molecule has 3 aliphatic carbocycles. The van der Waals surface area contributed by atoms with Gasteiger partial charge in [-0.25, -0.2) is 0 Å². The number of fused-ring (bicyclic) bond motifs is 12. The Morgan fingerprint density at radius 3 is 1.17 bits per heavy atom. The largest absolute Gasteiger partial charge is 0.0642 e. The van der Waals surface area contributed by atoms with Crippen LogP contribution in [0.25, 0.3) is 33.4 Å². The first kappa shape index (κ1) is 27.7. The number of halogens is 2. The van der Waals surface area contributed by atoms with Gasteiger partial charge in [-0.2, -0.15) is 0 Å². The fraction of sp³-hybridized carbons (Fsp3) is 0.385. The molecule has 4 aromatic carbocycles. The highest BCUT2D eigenvalue weighted by Crippen LogP contribution is 2.70. The maximum atomic E-state index is 3.89. The summed E-state index contributed by atoms with van der Waals surface area (Å²) in [5, 5.41) is 0. The first-order chi connectivity index (χ1) is 19.8. The minimum Gasteiger partial charge on any atom is -0.0642 e. The summed E-state index contributed by atoms with van der Waals surface area (Å²) >= 11 is 7.77. The average molecular weight is 669 g/mol. The SMILES string of the molecule is CCC1(CC)c2ccccc2-c2c1c1c(c3c2C(CC)(CC)c2cc(Br)ccc2-3)C(CC)(CC)c2cc(Br)ccc2-1. The first-order valence-corrected chi connectivity index (χ1v) is 17.4. The molecule has 0 fully saturated rings. The van der Waals surface area contributed by atoms with Gasteiger partial charge in [0.2, 0.25) is 0 Å². The molecule has 210 valence electrons. The van der Waals surface area contributed by atoms with E-state index >= 15 is 0 Å². The van der Waals surface area contributed by atoms with Crippen LogP contribution in [0.3, 0.4) is 0 Å². The van der Waals surface area contributed by atoms with Gasteiger partial charge in [-0.1, -0.05) is 110 Å². The van der Waals surface area contributed by atoms with Gasteiger partial charge < -0.3 is 0 Å². The third-order valence-electron chi connectivity index (χ3n) is 11.8. The Morgan fingerprint density at radius 1 is 0.439 bits per heavy atom. The van der Waals surface area contributed by atoms with E-state index in [9.17, 15) is 0 Å². The van der Waals surface area contributed by atoms with Crippen LogP contribution in [-0.4, -0.2) is 0 Å². The van der Waals surface area contributed by atoms with Crippen molar-refractivity contribution in [1.82, 2.24) is 0 Å². The Bertz CT molecular complexity index is 1720. The van der Waals surface area contributed by atoms with Crippen LogP contribution >= 0.6 is 31.9 Å². The Balaban J connectivity index is 1.81. The predicted molar refractivity (Wildman–Crippen MR) is 182 cm³/mol. The van der Waals surface area contributed by atoms with E-state index in [2.05, 4.69) is 134 Å². The summed E-state index contributed by atoms with van der Waals surface area (Å²) in [7, 11) is 0. The normalized spacial score (nSPS) is 17.5. The van der Waals surface area contributed by atoms with Crippen LogP contribution in [0.15, 0.2) is 69.6 Å².